The predicted octanol–water partition coefficient (Wildman–Crippen LogP) is -6.46. The molecular weight excluding hydrogens is 480 g/mol. The van der Waals surface area contributed by atoms with Gasteiger partial charge in [-0.05, 0) is 6.92 Å². The Kier molecular flexibility index (Phi) is 9.80. The molecule has 8 unspecified atom stereocenters. The first kappa shape index (κ1) is 29.0. The van der Waals surface area contributed by atoms with Gasteiger partial charge in [-0.2, -0.15) is 0 Å². The van der Waals surface area contributed by atoms with Crippen LogP contribution in [0.25, 0.3) is 0 Å². The second-order valence-corrected chi connectivity index (χ2v) is 9.32. The van der Waals surface area contributed by atoms with E-state index < -0.39 is 105 Å². The summed E-state index contributed by atoms with van der Waals surface area (Å²) in [7, 11) is 0. The van der Waals surface area contributed by atoms with Gasteiger partial charge in [0.1, 0.15) is 78.8 Å². The van der Waals surface area contributed by atoms with Crippen molar-refractivity contribution in [1.29, 1.82) is 0 Å². The molecule has 0 aromatic carbocycles. The number of hydrogen-bond acceptors (Lipinski definition) is 15. The summed E-state index contributed by atoms with van der Waals surface area (Å²) in [5.74, 6) is 0. The third-order valence-electron chi connectivity index (χ3n) is 6.69. The lowest BCUT2D eigenvalue weighted by Crippen LogP contribution is -2.62. The molecule has 0 saturated carbocycles. The van der Waals surface area contributed by atoms with Crippen molar-refractivity contribution in [3.8, 4) is 0 Å². The summed E-state index contributed by atoms with van der Waals surface area (Å²) in [4.78, 5) is 0. The van der Waals surface area contributed by atoms with Crippen molar-refractivity contribution in [2.45, 2.75) is 92.1 Å². The van der Waals surface area contributed by atoms with Crippen LogP contribution in [0.1, 0.15) is 6.92 Å². The van der Waals surface area contributed by atoms with Crippen LogP contribution >= 0.6 is 0 Å². The molecule has 10 N–H and O–H groups in total. The summed E-state index contributed by atoms with van der Waals surface area (Å²) in [5.41, 5.74) is -1.36. The first-order valence-corrected chi connectivity index (χ1v) is 11.3. The first-order chi connectivity index (χ1) is 16.4. The fourth-order valence-electron chi connectivity index (χ4n) is 4.39. The summed E-state index contributed by atoms with van der Waals surface area (Å²) in [6, 6.07) is 0. The third kappa shape index (κ3) is 5.95. The van der Waals surface area contributed by atoms with Crippen LogP contribution in [-0.4, -0.2) is 169 Å². The van der Waals surface area contributed by atoms with Crippen molar-refractivity contribution in [2.75, 3.05) is 33.0 Å². The van der Waals surface area contributed by atoms with E-state index >= 15 is 0 Å². The lowest BCUT2D eigenvalue weighted by atomic mass is 9.95. The molecule has 0 aromatic heterocycles. The Labute approximate surface area is 200 Å². The number of ether oxygens (including phenoxy) is 5. The van der Waals surface area contributed by atoms with Gasteiger partial charge in [-0.25, -0.2) is 0 Å². The highest BCUT2D eigenvalue weighted by Crippen LogP contribution is 2.32. The Bertz CT molecular complexity index is 668. The zero-order chi connectivity index (χ0) is 26.1. The summed E-state index contributed by atoms with van der Waals surface area (Å²) in [6.07, 6.45) is -18.6. The van der Waals surface area contributed by atoms with Gasteiger partial charge < -0.3 is 74.7 Å². The summed E-state index contributed by atoms with van der Waals surface area (Å²) >= 11 is 0. The van der Waals surface area contributed by atoms with Crippen molar-refractivity contribution in [2.24, 2.45) is 0 Å². The average Bonchev–Trinajstić information content (AvgIpc) is 3.06. The van der Waals surface area contributed by atoms with Crippen LogP contribution in [0.5, 0.6) is 0 Å². The molecule has 3 fully saturated rings. The molecule has 0 aliphatic carbocycles. The van der Waals surface area contributed by atoms with Gasteiger partial charge in [-0.15, -0.1) is 0 Å². The number of rotatable bonds is 9. The van der Waals surface area contributed by atoms with Gasteiger partial charge in [0.05, 0.1) is 33.0 Å². The minimum Gasteiger partial charge on any atom is -0.394 e. The molecule has 3 aliphatic rings. The van der Waals surface area contributed by atoms with E-state index in [4.69, 9.17) is 23.7 Å². The van der Waals surface area contributed by atoms with E-state index in [2.05, 4.69) is 0 Å². The predicted molar refractivity (Wildman–Crippen MR) is 110 cm³/mol. The van der Waals surface area contributed by atoms with Crippen molar-refractivity contribution in [3.05, 3.63) is 0 Å². The Morgan fingerprint density at radius 1 is 0.629 bits per heavy atom. The van der Waals surface area contributed by atoms with Gasteiger partial charge in [0, 0.05) is 0 Å². The fraction of sp³-hybridized carbons (Fsp3) is 1.00. The van der Waals surface area contributed by atoms with Crippen molar-refractivity contribution >= 4 is 0 Å². The highest BCUT2D eigenvalue weighted by Gasteiger charge is 2.52. The molecule has 15 heteroatoms. The lowest BCUT2D eigenvalue weighted by Gasteiger charge is -2.43. The van der Waals surface area contributed by atoms with Crippen LogP contribution in [0, 0.1) is 0 Å². The fourth-order valence-corrected chi connectivity index (χ4v) is 4.39. The maximum Gasteiger partial charge on any atom is 0.186 e. The minimum atomic E-state index is -1.68. The summed E-state index contributed by atoms with van der Waals surface area (Å²) in [5, 5.41) is 99.2. The first-order valence-electron chi connectivity index (χ1n) is 11.3. The smallest absolute Gasteiger partial charge is 0.186 e. The topological polar surface area (TPSA) is 248 Å². The maximum atomic E-state index is 10.3. The Morgan fingerprint density at radius 2 is 1.17 bits per heavy atom. The zero-order valence-electron chi connectivity index (χ0n) is 19.1. The molecule has 3 rings (SSSR count). The average molecular weight is 516 g/mol. The van der Waals surface area contributed by atoms with Crippen LogP contribution in [0.2, 0.25) is 0 Å². The molecular formula is C20H36O15. The number of aliphatic hydroxyl groups is 10. The molecule has 3 saturated heterocycles. The molecule has 0 amide bonds. The molecule has 3 heterocycles. The molecule has 0 bridgehead atoms. The van der Waals surface area contributed by atoms with E-state index in [9.17, 15) is 51.1 Å². The molecule has 3 aliphatic heterocycles. The molecule has 206 valence electrons. The minimum absolute atomic E-state index is 0.265. The van der Waals surface area contributed by atoms with Crippen molar-refractivity contribution in [1.82, 2.24) is 0 Å². The van der Waals surface area contributed by atoms with Gasteiger partial charge in [-0.3, -0.25) is 0 Å². The Hall–Kier alpha value is -0.600. The van der Waals surface area contributed by atoms with E-state index in [1.807, 2.05) is 0 Å². The number of hydrogen-bond donors (Lipinski definition) is 10. The van der Waals surface area contributed by atoms with Crippen LogP contribution < -0.4 is 0 Å². The highest BCUT2D eigenvalue weighted by molar-refractivity contribution is 5.00. The third-order valence-corrected chi connectivity index (χ3v) is 6.69. The van der Waals surface area contributed by atoms with Crippen LogP contribution in [-0.2, 0) is 23.7 Å². The van der Waals surface area contributed by atoms with Gasteiger partial charge in [0.25, 0.3) is 0 Å². The van der Waals surface area contributed by atoms with Crippen molar-refractivity contribution < 1.29 is 74.7 Å². The van der Waals surface area contributed by atoms with Crippen LogP contribution in [0.15, 0.2) is 0 Å². The molecule has 35 heavy (non-hydrogen) atoms. The second-order valence-electron chi connectivity index (χ2n) is 9.32. The SMILES string of the molecule is C[C@@]1(COC[C@H]2OC(CO[C@H]3OC(CO)[C@H](O)C(O)C3O)[C@@H](O)C(O)C2O)O[C@H](CO)C(O)C1O. The summed E-state index contributed by atoms with van der Waals surface area (Å²) < 4.78 is 27.1. The van der Waals surface area contributed by atoms with E-state index in [0.29, 0.717) is 0 Å². The largest absolute Gasteiger partial charge is 0.394 e. The molecule has 15 nitrogen and oxygen atoms in total. The van der Waals surface area contributed by atoms with Gasteiger partial charge >= 0.3 is 0 Å². The second kappa shape index (κ2) is 11.8. The molecule has 0 radical (unpaired) electrons. The van der Waals surface area contributed by atoms with Gasteiger partial charge in [-0.1, -0.05) is 0 Å². The quantitative estimate of drug-likeness (QED) is 0.137. The maximum absolute atomic E-state index is 10.3. The van der Waals surface area contributed by atoms with Crippen molar-refractivity contribution in [3.63, 3.8) is 0 Å². The Morgan fingerprint density at radius 3 is 1.74 bits per heavy atom. The Balaban J connectivity index is 1.55. The molecule has 14 atom stereocenters. The standard InChI is InChI=1S/C20H36O15/c1-20(18(30)14(26)8(3-22)35-20)6-31-4-9-12(24)15(27)13(25)10(33-9)5-32-19-17(29)16(28)11(23)7(2-21)34-19/h7-19,21-30H,2-6H2,1H3/t7?,8-,9-,10?,11+,12?,13-,14?,15?,16?,17?,18?,19+,20+/m1/s1. The van der Waals surface area contributed by atoms with Crippen LogP contribution in [0.3, 0.4) is 0 Å². The van der Waals surface area contributed by atoms with E-state index in [1.165, 1.54) is 6.92 Å². The van der Waals surface area contributed by atoms with Gasteiger partial charge in [0.15, 0.2) is 6.29 Å². The normalized spacial score (nSPS) is 51.0. The lowest BCUT2D eigenvalue weighted by molar-refractivity contribution is -0.315. The van der Waals surface area contributed by atoms with E-state index in [1.54, 1.807) is 0 Å². The molecule has 0 aromatic rings. The van der Waals surface area contributed by atoms with Crippen LogP contribution in [0.4, 0.5) is 0 Å². The molecule has 0 spiro atoms. The highest BCUT2D eigenvalue weighted by atomic mass is 16.7. The van der Waals surface area contributed by atoms with Gasteiger partial charge in [0.2, 0.25) is 0 Å². The van der Waals surface area contributed by atoms with E-state index in [0.717, 1.165) is 0 Å². The monoisotopic (exact) mass is 516 g/mol. The number of aliphatic hydroxyl groups excluding tert-OH is 10. The summed E-state index contributed by atoms with van der Waals surface area (Å²) in [6.45, 7) is -0.784. The van der Waals surface area contributed by atoms with E-state index in [-0.39, 0.29) is 13.2 Å². The zero-order valence-corrected chi connectivity index (χ0v) is 19.1.